The van der Waals surface area contributed by atoms with Crippen molar-refractivity contribution >= 4 is 17.5 Å². The zero-order valence-corrected chi connectivity index (χ0v) is 15.1. The number of nitrogens with zero attached hydrogens (tertiary/aromatic N) is 1. The first-order chi connectivity index (χ1) is 12.1. The van der Waals surface area contributed by atoms with E-state index < -0.39 is 0 Å². The van der Waals surface area contributed by atoms with Crippen LogP contribution < -0.4 is 10.6 Å². The Labute approximate surface area is 150 Å². The fourth-order valence-corrected chi connectivity index (χ4v) is 4.01. The number of para-hydroxylation sites is 1. The Balaban J connectivity index is 1.46. The van der Waals surface area contributed by atoms with Gasteiger partial charge in [-0.05, 0) is 44.5 Å². The van der Waals surface area contributed by atoms with Crippen molar-refractivity contribution in [2.45, 2.75) is 56.9 Å². The van der Waals surface area contributed by atoms with Gasteiger partial charge in [-0.15, -0.1) is 0 Å². The number of fused-ring (bicyclic) bond motifs is 1. The van der Waals surface area contributed by atoms with Crippen LogP contribution in [0.25, 0.3) is 0 Å². The minimum Gasteiger partial charge on any atom is -0.356 e. The molecule has 1 fully saturated rings. The van der Waals surface area contributed by atoms with Gasteiger partial charge in [0.05, 0.1) is 5.92 Å². The summed E-state index contributed by atoms with van der Waals surface area (Å²) in [7, 11) is 2.19. The van der Waals surface area contributed by atoms with Crippen LogP contribution in [0.3, 0.4) is 0 Å². The lowest BCUT2D eigenvalue weighted by molar-refractivity contribution is -0.126. The molecule has 3 rings (SSSR count). The molecule has 0 aromatic heterocycles. The summed E-state index contributed by atoms with van der Waals surface area (Å²) in [5.41, 5.74) is 1.68. The van der Waals surface area contributed by atoms with E-state index in [2.05, 4.69) is 22.6 Å². The Morgan fingerprint density at radius 3 is 2.80 bits per heavy atom. The SMILES string of the molecule is CN(CCCNC(=O)C1CC(=O)Nc2ccccc21)C1CCCCC1. The molecular weight excluding hydrogens is 314 g/mol. The Morgan fingerprint density at radius 1 is 1.24 bits per heavy atom. The highest BCUT2D eigenvalue weighted by Gasteiger charge is 2.30. The smallest absolute Gasteiger partial charge is 0.228 e. The first-order valence-corrected chi connectivity index (χ1v) is 9.52. The number of carbonyl (C=O) groups excluding carboxylic acids is 2. The molecule has 0 saturated heterocycles. The minimum absolute atomic E-state index is 0.0392. The van der Waals surface area contributed by atoms with E-state index in [4.69, 9.17) is 0 Å². The number of hydrogen-bond donors (Lipinski definition) is 2. The molecule has 0 spiro atoms. The van der Waals surface area contributed by atoms with E-state index in [1.54, 1.807) is 0 Å². The Morgan fingerprint density at radius 2 is 2.00 bits per heavy atom. The van der Waals surface area contributed by atoms with Crippen LogP contribution in [0.4, 0.5) is 5.69 Å². The van der Waals surface area contributed by atoms with E-state index >= 15 is 0 Å². The van der Waals surface area contributed by atoms with Crippen molar-refractivity contribution in [1.29, 1.82) is 0 Å². The topological polar surface area (TPSA) is 61.4 Å². The molecule has 1 atom stereocenters. The molecule has 1 saturated carbocycles. The molecule has 1 aliphatic heterocycles. The van der Waals surface area contributed by atoms with E-state index in [0.717, 1.165) is 24.2 Å². The molecule has 136 valence electrons. The maximum atomic E-state index is 12.5. The van der Waals surface area contributed by atoms with E-state index in [-0.39, 0.29) is 24.2 Å². The molecule has 25 heavy (non-hydrogen) atoms. The predicted octanol–water partition coefficient (Wildman–Crippen LogP) is 2.88. The lowest BCUT2D eigenvalue weighted by Crippen LogP contribution is -2.38. The fraction of sp³-hybridized carbons (Fsp3) is 0.600. The zero-order valence-electron chi connectivity index (χ0n) is 15.1. The molecule has 1 aromatic rings. The van der Waals surface area contributed by atoms with E-state index in [0.29, 0.717) is 12.6 Å². The number of rotatable bonds is 6. The molecular formula is C20H29N3O2. The number of anilines is 1. The zero-order chi connectivity index (χ0) is 17.6. The molecule has 1 aliphatic carbocycles. The molecule has 1 aromatic carbocycles. The monoisotopic (exact) mass is 343 g/mol. The average Bonchev–Trinajstić information content (AvgIpc) is 2.64. The molecule has 2 aliphatic rings. The van der Waals surface area contributed by atoms with Gasteiger partial charge in [-0.3, -0.25) is 9.59 Å². The summed E-state index contributed by atoms with van der Waals surface area (Å²) in [6, 6.07) is 8.27. The lowest BCUT2D eigenvalue weighted by Gasteiger charge is -2.31. The molecule has 2 amide bonds. The lowest BCUT2D eigenvalue weighted by atomic mass is 9.90. The van der Waals surface area contributed by atoms with Gasteiger partial charge in [-0.2, -0.15) is 0 Å². The van der Waals surface area contributed by atoms with Crippen molar-refractivity contribution in [1.82, 2.24) is 10.2 Å². The highest BCUT2D eigenvalue weighted by atomic mass is 16.2. The second-order valence-electron chi connectivity index (χ2n) is 7.31. The Bertz CT molecular complexity index is 611. The summed E-state index contributed by atoms with van der Waals surface area (Å²) < 4.78 is 0. The van der Waals surface area contributed by atoms with Gasteiger partial charge >= 0.3 is 0 Å². The number of carbonyl (C=O) groups is 2. The van der Waals surface area contributed by atoms with Crippen LogP contribution in [0, 0.1) is 0 Å². The van der Waals surface area contributed by atoms with Crippen LogP contribution in [0.1, 0.15) is 56.4 Å². The second kappa shape index (κ2) is 8.48. The maximum absolute atomic E-state index is 12.5. The quantitative estimate of drug-likeness (QED) is 0.781. The summed E-state index contributed by atoms with van der Waals surface area (Å²) in [5, 5.41) is 5.86. The van der Waals surface area contributed by atoms with Gasteiger partial charge in [0.25, 0.3) is 0 Å². The van der Waals surface area contributed by atoms with E-state index in [9.17, 15) is 9.59 Å². The summed E-state index contributed by atoms with van der Waals surface area (Å²) in [4.78, 5) is 26.8. The normalized spacial score (nSPS) is 20.9. The number of hydrogen-bond acceptors (Lipinski definition) is 3. The number of nitrogens with one attached hydrogen (secondary N) is 2. The highest BCUT2D eigenvalue weighted by Crippen LogP contribution is 2.31. The van der Waals surface area contributed by atoms with Crippen LogP contribution in [0.15, 0.2) is 24.3 Å². The van der Waals surface area contributed by atoms with Crippen molar-refractivity contribution in [3.8, 4) is 0 Å². The summed E-state index contributed by atoms with van der Waals surface area (Å²) in [6.45, 7) is 1.67. The van der Waals surface area contributed by atoms with Crippen LogP contribution in [0.5, 0.6) is 0 Å². The van der Waals surface area contributed by atoms with Crippen LogP contribution in [0.2, 0.25) is 0 Å². The Hall–Kier alpha value is -1.88. The van der Waals surface area contributed by atoms with Gasteiger partial charge in [0, 0.05) is 24.7 Å². The van der Waals surface area contributed by atoms with Crippen molar-refractivity contribution < 1.29 is 9.59 Å². The van der Waals surface area contributed by atoms with E-state index in [1.807, 2.05) is 24.3 Å². The number of amides is 2. The van der Waals surface area contributed by atoms with Gasteiger partial charge in [0.2, 0.25) is 11.8 Å². The number of benzene rings is 1. The predicted molar refractivity (Wildman–Crippen MR) is 99.6 cm³/mol. The molecule has 5 nitrogen and oxygen atoms in total. The maximum Gasteiger partial charge on any atom is 0.228 e. The van der Waals surface area contributed by atoms with Gasteiger partial charge in [-0.1, -0.05) is 37.5 Å². The van der Waals surface area contributed by atoms with Crippen molar-refractivity contribution in [2.24, 2.45) is 0 Å². The third kappa shape index (κ3) is 4.60. The highest BCUT2D eigenvalue weighted by molar-refractivity contribution is 6.01. The van der Waals surface area contributed by atoms with Crippen LogP contribution in [-0.4, -0.2) is 42.9 Å². The van der Waals surface area contributed by atoms with Crippen LogP contribution in [-0.2, 0) is 9.59 Å². The molecule has 1 heterocycles. The second-order valence-corrected chi connectivity index (χ2v) is 7.31. The molecule has 0 bridgehead atoms. The average molecular weight is 343 g/mol. The van der Waals surface area contributed by atoms with Gasteiger partial charge in [0.15, 0.2) is 0 Å². The van der Waals surface area contributed by atoms with Crippen LogP contribution >= 0.6 is 0 Å². The first-order valence-electron chi connectivity index (χ1n) is 9.52. The van der Waals surface area contributed by atoms with Crippen molar-refractivity contribution in [3.05, 3.63) is 29.8 Å². The van der Waals surface area contributed by atoms with Gasteiger partial charge < -0.3 is 15.5 Å². The van der Waals surface area contributed by atoms with Crippen molar-refractivity contribution in [3.63, 3.8) is 0 Å². The van der Waals surface area contributed by atoms with Crippen molar-refractivity contribution in [2.75, 3.05) is 25.5 Å². The molecule has 0 radical (unpaired) electrons. The standard InChI is InChI=1S/C20H29N3O2/c1-23(15-8-3-2-4-9-15)13-7-12-21-20(25)17-14-19(24)22-18-11-6-5-10-16(17)18/h5-6,10-11,15,17H,2-4,7-9,12-14H2,1H3,(H,21,25)(H,22,24). The first kappa shape index (κ1) is 17.9. The third-order valence-corrected chi connectivity index (χ3v) is 5.50. The third-order valence-electron chi connectivity index (χ3n) is 5.50. The summed E-state index contributed by atoms with van der Waals surface area (Å²) in [5.74, 6) is -0.500. The summed E-state index contributed by atoms with van der Waals surface area (Å²) >= 11 is 0. The van der Waals surface area contributed by atoms with Gasteiger partial charge in [0.1, 0.15) is 0 Å². The molecule has 1 unspecified atom stereocenters. The van der Waals surface area contributed by atoms with E-state index in [1.165, 1.54) is 32.1 Å². The Kier molecular flexibility index (Phi) is 6.08. The summed E-state index contributed by atoms with van der Waals surface area (Å²) in [6.07, 6.45) is 7.83. The van der Waals surface area contributed by atoms with Gasteiger partial charge in [-0.25, -0.2) is 0 Å². The largest absolute Gasteiger partial charge is 0.356 e. The fourth-order valence-electron chi connectivity index (χ4n) is 4.01. The molecule has 2 N–H and O–H groups in total. The minimum atomic E-state index is -0.374. The molecule has 5 heteroatoms.